The van der Waals surface area contributed by atoms with E-state index in [1.165, 1.54) is 10.6 Å². The summed E-state index contributed by atoms with van der Waals surface area (Å²) in [5.41, 5.74) is 0.817. The molecule has 8 heteroatoms. The first kappa shape index (κ1) is 19.8. The molecule has 1 fully saturated rings. The van der Waals surface area contributed by atoms with Crippen LogP contribution >= 0.6 is 11.6 Å². The predicted octanol–water partition coefficient (Wildman–Crippen LogP) is 3.24. The maximum Gasteiger partial charge on any atom is 0.263 e. The van der Waals surface area contributed by atoms with Gasteiger partial charge in [-0.1, -0.05) is 11.6 Å². The fourth-order valence-corrected chi connectivity index (χ4v) is 3.95. The van der Waals surface area contributed by atoms with Gasteiger partial charge in [-0.3, -0.25) is 9.36 Å². The predicted molar refractivity (Wildman–Crippen MR) is 114 cm³/mol. The Balaban J connectivity index is 1.97. The van der Waals surface area contributed by atoms with Gasteiger partial charge in [0.1, 0.15) is 17.5 Å². The third kappa shape index (κ3) is 3.49. The number of hydrogen-bond acceptors (Lipinski definition) is 5. The van der Waals surface area contributed by atoms with Crippen LogP contribution in [0, 0.1) is 12.7 Å². The molecule has 0 aliphatic carbocycles. The maximum atomic E-state index is 14.8. The summed E-state index contributed by atoms with van der Waals surface area (Å²) in [4.78, 5) is 26.7. The van der Waals surface area contributed by atoms with Crippen LogP contribution in [0.5, 0.6) is 0 Å². The Hall–Kier alpha value is -2.51. The third-order valence-corrected chi connectivity index (χ3v) is 5.91. The average Bonchev–Trinajstić information content (AvgIpc) is 3.16. The van der Waals surface area contributed by atoms with Crippen LogP contribution in [0.2, 0.25) is 5.02 Å². The molecule has 3 aromatic rings. The summed E-state index contributed by atoms with van der Waals surface area (Å²) >= 11 is 5.93. The summed E-state index contributed by atoms with van der Waals surface area (Å²) in [7, 11) is 5.78. The smallest absolute Gasteiger partial charge is 0.263 e. The monoisotopic (exact) mass is 415 g/mol. The van der Waals surface area contributed by atoms with Crippen molar-refractivity contribution in [1.82, 2.24) is 19.4 Å². The van der Waals surface area contributed by atoms with Gasteiger partial charge in [0.2, 0.25) is 0 Å². The van der Waals surface area contributed by atoms with Gasteiger partial charge in [-0.05, 0) is 45.6 Å². The highest BCUT2D eigenvalue weighted by atomic mass is 35.5. The first-order chi connectivity index (χ1) is 13.8. The topological polar surface area (TPSA) is 54.3 Å². The normalized spacial score (nSPS) is 16.9. The Bertz CT molecular complexity index is 1160. The maximum absolute atomic E-state index is 14.8. The van der Waals surface area contributed by atoms with Crippen molar-refractivity contribution in [2.24, 2.45) is 7.05 Å². The minimum Gasteiger partial charge on any atom is -0.355 e. The summed E-state index contributed by atoms with van der Waals surface area (Å²) in [6.07, 6.45) is 1.01. The molecule has 1 aliphatic heterocycles. The summed E-state index contributed by atoms with van der Waals surface area (Å²) in [6, 6.07) is 6.65. The number of benzene rings is 1. The zero-order valence-corrected chi connectivity index (χ0v) is 17.7. The lowest BCUT2D eigenvalue weighted by Gasteiger charge is -2.22. The molecule has 1 aliphatic rings. The van der Waals surface area contributed by atoms with Gasteiger partial charge in [-0.2, -0.15) is 0 Å². The van der Waals surface area contributed by atoms with Crippen molar-refractivity contribution >= 4 is 28.3 Å². The fourth-order valence-electron chi connectivity index (χ4n) is 3.79. The summed E-state index contributed by atoms with van der Waals surface area (Å²) < 4.78 is 16.2. The highest BCUT2D eigenvalue weighted by molar-refractivity contribution is 6.30. The Morgan fingerprint density at radius 2 is 2.00 bits per heavy atom. The first-order valence-electron chi connectivity index (χ1n) is 9.51. The molecule has 6 nitrogen and oxygen atoms in total. The highest BCUT2D eigenvalue weighted by Gasteiger charge is 2.27. The van der Waals surface area contributed by atoms with Crippen LogP contribution in [0.25, 0.3) is 22.2 Å². The molecule has 1 aromatic carbocycles. The zero-order valence-electron chi connectivity index (χ0n) is 16.9. The van der Waals surface area contributed by atoms with E-state index in [4.69, 9.17) is 16.6 Å². The number of halogens is 2. The van der Waals surface area contributed by atoms with Crippen molar-refractivity contribution in [2.75, 3.05) is 32.1 Å². The molecule has 0 spiro atoms. The molecule has 0 N–H and O–H groups in total. The van der Waals surface area contributed by atoms with Crippen LogP contribution in [0.15, 0.2) is 29.1 Å². The lowest BCUT2D eigenvalue weighted by molar-refractivity contribution is 0.315. The molecule has 0 bridgehead atoms. The first-order valence-corrected chi connectivity index (χ1v) is 9.89. The zero-order chi connectivity index (χ0) is 20.9. The molecule has 4 rings (SSSR count). The van der Waals surface area contributed by atoms with Crippen molar-refractivity contribution < 1.29 is 4.39 Å². The Morgan fingerprint density at radius 1 is 1.24 bits per heavy atom. The minimum atomic E-state index is -0.515. The van der Waals surface area contributed by atoms with Gasteiger partial charge in [0.05, 0.1) is 16.6 Å². The van der Waals surface area contributed by atoms with Crippen molar-refractivity contribution in [3.8, 4) is 11.3 Å². The number of likely N-dealkylation sites (N-methyl/N-ethyl adjacent to an activating group) is 1. The second-order valence-electron chi connectivity index (χ2n) is 7.72. The van der Waals surface area contributed by atoms with Crippen LogP contribution < -0.4 is 10.5 Å². The highest BCUT2D eigenvalue weighted by Crippen LogP contribution is 2.32. The molecule has 1 unspecified atom stereocenters. The van der Waals surface area contributed by atoms with E-state index in [-0.39, 0.29) is 11.1 Å². The van der Waals surface area contributed by atoms with E-state index in [9.17, 15) is 9.18 Å². The van der Waals surface area contributed by atoms with Gasteiger partial charge in [0.15, 0.2) is 0 Å². The number of anilines is 1. The van der Waals surface area contributed by atoms with Crippen LogP contribution in [0.4, 0.5) is 10.2 Å². The molecule has 0 amide bonds. The molecule has 29 heavy (non-hydrogen) atoms. The van der Waals surface area contributed by atoms with E-state index in [2.05, 4.69) is 28.9 Å². The summed E-state index contributed by atoms with van der Waals surface area (Å²) in [5, 5.41) is 0.605. The fraction of sp³-hybridized carbons (Fsp3) is 0.381. The Labute approximate surface area is 173 Å². The average molecular weight is 416 g/mol. The van der Waals surface area contributed by atoms with Gasteiger partial charge >= 0.3 is 0 Å². The van der Waals surface area contributed by atoms with Crippen LogP contribution in [-0.2, 0) is 7.05 Å². The number of nitrogens with zero attached hydrogens (tertiary/aromatic N) is 5. The van der Waals surface area contributed by atoms with Crippen LogP contribution in [-0.4, -0.2) is 52.7 Å². The number of fused-ring (bicyclic) bond motifs is 1. The number of aromatic nitrogens is 3. The van der Waals surface area contributed by atoms with Gasteiger partial charge < -0.3 is 9.80 Å². The van der Waals surface area contributed by atoms with Gasteiger partial charge in [0.25, 0.3) is 5.56 Å². The van der Waals surface area contributed by atoms with Gasteiger partial charge in [0, 0.05) is 42.8 Å². The molecular formula is C21H23ClFN5O. The molecule has 0 radical (unpaired) electrons. The van der Waals surface area contributed by atoms with E-state index >= 15 is 0 Å². The quantitative estimate of drug-likeness (QED) is 0.657. The molecule has 152 valence electrons. The van der Waals surface area contributed by atoms with Gasteiger partial charge in [-0.15, -0.1) is 0 Å². The molecule has 2 aromatic heterocycles. The van der Waals surface area contributed by atoms with Crippen LogP contribution in [0.3, 0.4) is 0 Å². The third-order valence-electron chi connectivity index (χ3n) is 5.68. The number of rotatable bonds is 3. The minimum absolute atomic E-state index is 0.243. The summed E-state index contributed by atoms with van der Waals surface area (Å²) in [6.45, 7) is 3.44. The Kier molecular flexibility index (Phi) is 5.04. The SMILES string of the molecule is Cc1nc2cc(N3CCC(N(C)C)C3)nc(-c3ccc(Cl)cc3F)c2c(=O)n1C. The number of hydrogen-bond donors (Lipinski definition) is 0. The van der Waals surface area contributed by atoms with E-state index in [0.717, 1.165) is 19.5 Å². The largest absolute Gasteiger partial charge is 0.355 e. The second-order valence-corrected chi connectivity index (χ2v) is 8.16. The molecule has 0 saturated carbocycles. The van der Waals surface area contributed by atoms with E-state index in [0.29, 0.717) is 39.3 Å². The summed E-state index contributed by atoms with van der Waals surface area (Å²) in [5.74, 6) is 0.778. The van der Waals surface area contributed by atoms with Crippen LogP contribution in [0.1, 0.15) is 12.2 Å². The van der Waals surface area contributed by atoms with Crippen molar-refractivity contribution in [3.05, 3.63) is 51.3 Å². The molecule has 3 heterocycles. The van der Waals surface area contributed by atoms with E-state index in [1.807, 2.05) is 6.07 Å². The second kappa shape index (κ2) is 7.39. The standard InChI is InChI=1S/C21H23ClFN5O/c1-12-24-17-10-18(28-8-7-14(11-28)26(2)3)25-20(19(17)21(29)27(12)4)15-6-5-13(22)9-16(15)23/h5-6,9-10,14H,7-8,11H2,1-4H3. The number of aryl methyl sites for hydroxylation is 1. The molecule has 1 saturated heterocycles. The van der Waals surface area contributed by atoms with Crippen molar-refractivity contribution in [1.29, 1.82) is 0 Å². The lowest BCUT2D eigenvalue weighted by atomic mass is 10.1. The van der Waals surface area contributed by atoms with E-state index < -0.39 is 5.82 Å². The van der Waals surface area contributed by atoms with Crippen molar-refractivity contribution in [3.63, 3.8) is 0 Å². The number of pyridine rings is 1. The van der Waals surface area contributed by atoms with Gasteiger partial charge in [-0.25, -0.2) is 14.4 Å². The molecular weight excluding hydrogens is 393 g/mol. The van der Waals surface area contributed by atoms with Crippen molar-refractivity contribution in [2.45, 2.75) is 19.4 Å². The molecule has 1 atom stereocenters. The Morgan fingerprint density at radius 3 is 2.66 bits per heavy atom. The van der Waals surface area contributed by atoms with E-state index in [1.54, 1.807) is 26.1 Å². The lowest BCUT2D eigenvalue weighted by Crippen LogP contribution is -2.32.